The fourth-order valence-electron chi connectivity index (χ4n) is 2.34. The lowest BCUT2D eigenvalue weighted by Gasteiger charge is -2.09. The van der Waals surface area contributed by atoms with Gasteiger partial charge in [0.05, 0.1) is 13.1 Å². The van der Waals surface area contributed by atoms with Crippen molar-refractivity contribution in [3.8, 4) is 0 Å². The zero-order valence-electron chi connectivity index (χ0n) is 13.0. The smallest absolute Gasteiger partial charge is 0.263 e. The molecule has 0 aliphatic rings. The van der Waals surface area contributed by atoms with Crippen LogP contribution >= 0.6 is 11.3 Å². The highest BCUT2D eigenvalue weighted by Gasteiger charge is 2.13. The predicted octanol–water partition coefficient (Wildman–Crippen LogP) is 3.17. The lowest BCUT2D eigenvalue weighted by atomic mass is 10.2. The topological polar surface area (TPSA) is 51.1 Å². The van der Waals surface area contributed by atoms with Crippen LogP contribution in [0.2, 0.25) is 0 Å². The van der Waals surface area contributed by atoms with Crippen LogP contribution in [0.15, 0.2) is 58.8 Å². The van der Waals surface area contributed by atoms with Crippen LogP contribution in [-0.4, -0.2) is 10.5 Å². The van der Waals surface area contributed by atoms with E-state index in [2.05, 4.69) is 5.32 Å². The van der Waals surface area contributed by atoms with Gasteiger partial charge in [-0.1, -0.05) is 12.1 Å². The van der Waals surface area contributed by atoms with Crippen LogP contribution in [0.3, 0.4) is 0 Å². The summed E-state index contributed by atoms with van der Waals surface area (Å²) in [4.78, 5) is 25.7. The van der Waals surface area contributed by atoms with Gasteiger partial charge in [0.1, 0.15) is 5.56 Å². The first-order valence-corrected chi connectivity index (χ1v) is 8.36. The summed E-state index contributed by atoms with van der Waals surface area (Å²) >= 11 is 1.51. The first-order chi connectivity index (χ1) is 12.0. The lowest BCUT2D eigenvalue weighted by Crippen LogP contribution is -2.32. The lowest BCUT2D eigenvalue weighted by molar-refractivity contribution is 0.0949. The number of rotatable bonds is 5. The summed E-state index contributed by atoms with van der Waals surface area (Å²) in [6.07, 6.45) is 1.50. The molecule has 2 heterocycles. The molecule has 0 radical (unpaired) electrons. The van der Waals surface area contributed by atoms with Gasteiger partial charge in [0.2, 0.25) is 0 Å². The molecule has 0 saturated heterocycles. The molecule has 0 bridgehead atoms. The minimum absolute atomic E-state index is 0.00152. The van der Waals surface area contributed by atoms with E-state index in [4.69, 9.17) is 0 Å². The van der Waals surface area contributed by atoms with E-state index in [-0.39, 0.29) is 12.1 Å². The molecule has 0 spiro atoms. The van der Waals surface area contributed by atoms with Crippen molar-refractivity contribution < 1.29 is 13.6 Å². The van der Waals surface area contributed by atoms with Gasteiger partial charge >= 0.3 is 0 Å². The predicted molar refractivity (Wildman–Crippen MR) is 91.7 cm³/mol. The van der Waals surface area contributed by atoms with Crippen LogP contribution < -0.4 is 10.9 Å². The van der Waals surface area contributed by atoms with Gasteiger partial charge < -0.3 is 9.88 Å². The van der Waals surface area contributed by atoms with Crippen LogP contribution in [-0.2, 0) is 13.1 Å². The van der Waals surface area contributed by atoms with Crippen LogP contribution in [0, 0.1) is 11.6 Å². The van der Waals surface area contributed by atoms with Crippen LogP contribution in [0.25, 0.3) is 0 Å². The highest BCUT2D eigenvalue weighted by Crippen LogP contribution is 2.10. The molecule has 2 aromatic heterocycles. The maximum absolute atomic E-state index is 13.3. The molecule has 0 atom stereocenters. The molecule has 0 aliphatic heterocycles. The number of aromatic nitrogens is 1. The maximum Gasteiger partial charge on any atom is 0.263 e. The van der Waals surface area contributed by atoms with E-state index in [1.165, 1.54) is 34.2 Å². The Morgan fingerprint density at radius 2 is 1.96 bits per heavy atom. The Kier molecular flexibility index (Phi) is 5.04. The third kappa shape index (κ3) is 4.00. The molecule has 1 aromatic carbocycles. The van der Waals surface area contributed by atoms with Gasteiger partial charge in [-0.15, -0.1) is 11.3 Å². The molecule has 128 valence electrons. The second-order valence-corrected chi connectivity index (χ2v) is 6.40. The standard InChI is InChI=1S/C18H14F2N2O2S/c19-15-6-5-12(9-16(15)20)11-22-7-1-4-14(18(22)24)17(23)21-10-13-3-2-8-25-13/h1-9H,10-11H2,(H,21,23). The zero-order chi connectivity index (χ0) is 17.8. The number of carbonyl (C=O) groups is 1. The number of nitrogens with one attached hydrogen (secondary N) is 1. The summed E-state index contributed by atoms with van der Waals surface area (Å²) in [5.41, 5.74) is -0.0605. The number of hydrogen-bond acceptors (Lipinski definition) is 3. The molecule has 3 rings (SSSR count). The number of halogens is 2. The Balaban J connectivity index is 1.78. The molecule has 4 nitrogen and oxygen atoms in total. The number of hydrogen-bond donors (Lipinski definition) is 1. The van der Waals surface area contributed by atoms with E-state index in [1.807, 2.05) is 17.5 Å². The summed E-state index contributed by atoms with van der Waals surface area (Å²) in [6, 6.07) is 10.2. The summed E-state index contributed by atoms with van der Waals surface area (Å²) in [5, 5.41) is 4.60. The fourth-order valence-corrected chi connectivity index (χ4v) is 2.99. The Bertz CT molecular complexity index is 952. The van der Waals surface area contributed by atoms with E-state index >= 15 is 0 Å². The molecular weight excluding hydrogens is 346 g/mol. The van der Waals surface area contributed by atoms with Crippen molar-refractivity contribution in [1.29, 1.82) is 0 Å². The van der Waals surface area contributed by atoms with Gasteiger partial charge in [0, 0.05) is 11.1 Å². The van der Waals surface area contributed by atoms with Gasteiger partial charge in [0.25, 0.3) is 11.5 Å². The van der Waals surface area contributed by atoms with Crippen LogP contribution in [0.5, 0.6) is 0 Å². The summed E-state index contributed by atoms with van der Waals surface area (Å²) in [6.45, 7) is 0.385. The van der Waals surface area contributed by atoms with Gasteiger partial charge in [-0.2, -0.15) is 0 Å². The largest absolute Gasteiger partial charge is 0.347 e. The molecule has 0 fully saturated rings. The average Bonchev–Trinajstić information content (AvgIpc) is 3.11. The minimum Gasteiger partial charge on any atom is -0.347 e. The Morgan fingerprint density at radius 3 is 2.68 bits per heavy atom. The van der Waals surface area contributed by atoms with Crippen molar-refractivity contribution in [2.75, 3.05) is 0 Å². The normalized spacial score (nSPS) is 10.6. The van der Waals surface area contributed by atoms with Crippen LogP contribution in [0.4, 0.5) is 8.78 Å². The first-order valence-electron chi connectivity index (χ1n) is 7.48. The highest BCUT2D eigenvalue weighted by atomic mass is 32.1. The van der Waals surface area contributed by atoms with Gasteiger partial charge in [-0.05, 0) is 41.3 Å². The molecule has 0 unspecified atom stereocenters. The average molecular weight is 360 g/mol. The molecule has 7 heteroatoms. The number of pyridine rings is 1. The van der Waals surface area contributed by atoms with E-state index in [0.717, 1.165) is 17.0 Å². The second kappa shape index (κ2) is 7.40. The van der Waals surface area contributed by atoms with Crippen molar-refractivity contribution >= 4 is 17.2 Å². The van der Waals surface area contributed by atoms with Crippen molar-refractivity contribution in [2.45, 2.75) is 13.1 Å². The summed E-state index contributed by atoms with van der Waals surface area (Å²) in [5.74, 6) is -2.40. The van der Waals surface area contributed by atoms with Crippen molar-refractivity contribution in [3.63, 3.8) is 0 Å². The molecule has 3 aromatic rings. The number of thiophene rings is 1. The first kappa shape index (κ1) is 17.0. The number of benzene rings is 1. The maximum atomic E-state index is 13.3. The van der Waals surface area contributed by atoms with E-state index in [9.17, 15) is 18.4 Å². The molecule has 0 aliphatic carbocycles. The molecule has 25 heavy (non-hydrogen) atoms. The van der Waals surface area contributed by atoms with Crippen LogP contribution in [0.1, 0.15) is 20.8 Å². The van der Waals surface area contributed by atoms with Gasteiger partial charge in [-0.25, -0.2) is 8.78 Å². The third-order valence-corrected chi connectivity index (χ3v) is 4.48. The van der Waals surface area contributed by atoms with Gasteiger partial charge in [-0.3, -0.25) is 9.59 Å². The number of nitrogens with zero attached hydrogens (tertiary/aromatic N) is 1. The molecular formula is C18H14F2N2O2S. The highest BCUT2D eigenvalue weighted by molar-refractivity contribution is 7.09. The van der Waals surface area contributed by atoms with E-state index < -0.39 is 23.1 Å². The second-order valence-electron chi connectivity index (χ2n) is 5.37. The Morgan fingerprint density at radius 1 is 1.12 bits per heavy atom. The van der Waals surface area contributed by atoms with Crippen molar-refractivity contribution in [2.24, 2.45) is 0 Å². The number of amides is 1. The molecule has 1 N–H and O–H groups in total. The van der Waals surface area contributed by atoms with E-state index in [0.29, 0.717) is 12.1 Å². The Hall–Kier alpha value is -2.80. The summed E-state index contributed by atoms with van der Waals surface area (Å²) in [7, 11) is 0. The van der Waals surface area contributed by atoms with Crippen molar-refractivity contribution in [1.82, 2.24) is 9.88 Å². The molecule has 0 saturated carbocycles. The third-order valence-electron chi connectivity index (χ3n) is 3.61. The van der Waals surface area contributed by atoms with Gasteiger partial charge in [0.15, 0.2) is 11.6 Å². The minimum atomic E-state index is -0.976. The summed E-state index contributed by atoms with van der Waals surface area (Å²) < 4.78 is 27.6. The monoisotopic (exact) mass is 360 g/mol. The van der Waals surface area contributed by atoms with Crippen molar-refractivity contribution in [3.05, 3.63) is 92.0 Å². The Labute approximate surface area is 146 Å². The number of carbonyl (C=O) groups excluding carboxylic acids is 1. The quantitative estimate of drug-likeness (QED) is 0.760. The zero-order valence-corrected chi connectivity index (χ0v) is 13.9. The van der Waals surface area contributed by atoms with E-state index in [1.54, 1.807) is 6.07 Å². The molecule has 1 amide bonds. The fraction of sp³-hybridized carbons (Fsp3) is 0.111. The SMILES string of the molecule is O=C(NCc1cccs1)c1cccn(Cc2ccc(F)c(F)c2)c1=O.